The van der Waals surface area contributed by atoms with Crippen molar-refractivity contribution >= 4 is 17.5 Å². The van der Waals surface area contributed by atoms with Crippen molar-refractivity contribution < 1.29 is 14.3 Å². The van der Waals surface area contributed by atoms with Crippen LogP contribution in [0.5, 0.6) is 5.75 Å². The van der Waals surface area contributed by atoms with Gasteiger partial charge in [0.15, 0.2) is 6.10 Å². The molecule has 6 heteroatoms. The van der Waals surface area contributed by atoms with E-state index in [1.54, 1.807) is 11.8 Å². The highest BCUT2D eigenvalue weighted by atomic mass is 16.5. The molecule has 2 aromatic carbocycles. The number of rotatable bonds is 6. The van der Waals surface area contributed by atoms with Gasteiger partial charge in [0.1, 0.15) is 5.75 Å². The maximum Gasteiger partial charge on any atom is 0.267 e. The Morgan fingerprint density at radius 2 is 1.90 bits per heavy atom. The Bertz CT molecular complexity index is 886. The van der Waals surface area contributed by atoms with Crippen LogP contribution in [0.3, 0.4) is 0 Å². The van der Waals surface area contributed by atoms with Crippen LogP contribution in [0.4, 0.5) is 5.69 Å². The summed E-state index contributed by atoms with van der Waals surface area (Å²) in [4.78, 5) is 29.3. The van der Waals surface area contributed by atoms with Crippen LogP contribution < -0.4 is 15.0 Å². The zero-order chi connectivity index (χ0) is 20.9. The molecule has 158 valence electrons. The first kappa shape index (κ1) is 20.4. The summed E-state index contributed by atoms with van der Waals surface area (Å²) in [5.74, 6) is 0.577. The number of hydrogen-bond donors (Lipinski definition) is 1. The van der Waals surface area contributed by atoms with Crippen LogP contribution in [0, 0.1) is 0 Å². The minimum atomic E-state index is -0.534. The van der Waals surface area contributed by atoms with Crippen molar-refractivity contribution in [1.82, 2.24) is 10.2 Å². The Hall–Kier alpha value is -2.86. The second kappa shape index (κ2) is 9.30. The number of piperidine rings is 1. The van der Waals surface area contributed by atoms with Crippen molar-refractivity contribution in [1.29, 1.82) is 0 Å². The quantitative estimate of drug-likeness (QED) is 0.800. The van der Waals surface area contributed by atoms with Gasteiger partial charge in [-0.2, -0.15) is 0 Å². The third-order valence-electron chi connectivity index (χ3n) is 5.76. The first-order valence-corrected chi connectivity index (χ1v) is 10.7. The van der Waals surface area contributed by atoms with Crippen LogP contribution in [0.15, 0.2) is 54.6 Å². The largest absolute Gasteiger partial charge is 0.479 e. The number of carbonyl (C=O) groups excluding carboxylic acids is 2. The van der Waals surface area contributed by atoms with Crippen molar-refractivity contribution in [3.05, 3.63) is 60.2 Å². The van der Waals surface area contributed by atoms with E-state index in [-0.39, 0.29) is 24.3 Å². The molecule has 2 aliphatic heterocycles. The minimum Gasteiger partial charge on any atom is -0.479 e. The van der Waals surface area contributed by atoms with Gasteiger partial charge < -0.3 is 15.0 Å². The molecule has 30 heavy (non-hydrogen) atoms. The molecule has 0 bridgehead atoms. The fourth-order valence-electron chi connectivity index (χ4n) is 4.26. The second-order valence-corrected chi connectivity index (χ2v) is 8.10. The molecule has 0 spiro atoms. The Labute approximate surface area is 177 Å². The van der Waals surface area contributed by atoms with Gasteiger partial charge in [-0.05, 0) is 44.0 Å². The first-order valence-electron chi connectivity index (χ1n) is 10.7. The van der Waals surface area contributed by atoms with Crippen LogP contribution >= 0.6 is 0 Å². The number of benzene rings is 2. The topological polar surface area (TPSA) is 61.9 Å². The third kappa shape index (κ3) is 4.82. The van der Waals surface area contributed by atoms with Crippen molar-refractivity contribution in [2.45, 2.75) is 44.9 Å². The number of hydrogen-bond acceptors (Lipinski definition) is 4. The van der Waals surface area contributed by atoms with Gasteiger partial charge in [-0.1, -0.05) is 42.5 Å². The van der Waals surface area contributed by atoms with Crippen LogP contribution in [-0.2, 0) is 16.1 Å². The van der Waals surface area contributed by atoms with E-state index in [4.69, 9.17) is 4.74 Å². The molecule has 2 unspecified atom stereocenters. The van der Waals surface area contributed by atoms with E-state index in [2.05, 4.69) is 34.5 Å². The number of anilines is 1. The smallest absolute Gasteiger partial charge is 0.267 e. The molecular weight excluding hydrogens is 378 g/mol. The number of nitrogens with one attached hydrogen (secondary N) is 1. The van der Waals surface area contributed by atoms with E-state index in [1.807, 2.05) is 30.3 Å². The minimum absolute atomic E-state index is 0.00835. The Morgan fingerprint density at radius 1 is 1.13 bits per heavy atom. The predicted molar refractivity (Wildman–Crippen MR) is 116 cm³/mol. The number of para-hydroxylation sites is 2. The number of nitrogens with zero attached hydrogens (tertiary/aromatic N) is 2. The molecule has 0 saturated carbocycles. The molecule has 6 nitrogen and oxygen atoms in total. The van der Waals surface area contributed by atoms with Gasteiger partial charge in [0.05, 0.1) is 5.69 Å². The van der Waals surface area contributed by atoms with Gasteiger partial charge in [0, 0.05) is 32.1 Å². The van der Waals surface area contributed by atoms with E-state index >= 15 is 0 Å². The molecule has 1 N–H and O–H groups in total. The standard InChI is InChI=1S/C24H29N3O3/c1-18-24(29)27(21-11-5-6-12-22(21)30-18)15-13-23(28)25-20-10-7-14-26(17-20)16-19-8-3-2-4-9-19/h2-6,8-9,11-12,18,20H,7,10,13-17H2,1H3,(H,25,28). The summed E-state index contributed by atoms with van der Waals surface area (Å²) in [7, 11) is 0. The summed E-state index contributed by atoms with van der Waals surface area (Å²) in [6.07, 6.45) is 1.81. The average molecular weight is 408 g/mol. The predicted octanol–water partition coefficient (Wildman–Crippen LogP) is 2.97. The van der Waals surface area contributed by atoms with Gasteiger partial charge in [-0.15, -0.1) is 0 Å². The number of ether oxygens (including phenoxy) is 1. The zero-order valence-corrected chi connectivity index (χ0v) is 17.4. The molecule has 2 amide bonds. The lowest BCUT2D eigenvalue weighted by atomic mass is 10.0. The summed E-state index contributed by atoms with van der Waals surface area (Å²) in [5.41, 5.74) is 2.03. The molecule has 1 saturated heterocycles. The monoisotopic (exact) mass is 407 g/mol. The number of likely N-dealkylation sites (tertiary alicyclic amines) is 1. The van der Waals surface area contributed by atoms with Crippen molar-refractivity contribution in [2.24, 2.45) is 0 Å². The molecular formula is C24H29N3O3. The molecule has 0 radical (unpaired) electrons. The van der Waals surface area contributed by atoms with Crippen LogP contribution in [-0.4, -0.2) is 48.5 Å². The highest BCUT2D eigenvalue weighted by Crippen LogP contribution is 2.33. The maximum absolute atomic E-state index is 12.6. The summed E-state index contributed by atoms with van der Waals surface area (Å²) in [6, 6.07) is 18.1. The highest BCUT2D eigenvalue weighted by molar-refractivity contribution is 6.00. The molecule has 2 aromatic rings. The molecule has 2 atom stereocenters. The number of carbonyl (C=O) groups is 2. The Kier molecular flexibility index (Phi) is 6.33. The number of amides is 2. The lowest BCUT2D eigenvalue weighted by Gasteiger charge is -2.34. The van der Waals surface area contributed by atoms with Gasteiger partial charge >= 0.3 is 0 Å². The van der Waals surface area contributed by atoms with E-state index in [0.717, 1.165) is 38.2 Å². The fourth-order valence-corrected chi connectivity index (χ4v) is 4.26. The molecule has 4 rings (SSSR count). The maximum atomic E-state index is 12.6. The van der Waals surface area contributed by atoms with Crippen molar-refractivity contribution in [3.8, 4) is 5.75 Å². The number of fused-ring (bicyclic) bond motifs is 1. The first-order chi connectivity index (χ1) is 14.6. The molecule has 2 heterocycles. The van der Waals surface area contributed by atoms with Gasteiger partial charge in [0.25, 0.3) is 5.91 Å². The van der Waals surface area contributed by atoms with Crippen molar-refractivity contribution in [3.63, 3.8) is 0 Å². The second-order valence-electron chi connectivity index (χ2n) is 8.10. The highest BCUT2D eigenvalue weighted by Gasteiger charge is 2.31. The van der Waals surface area contributed by atoms with Gasteiger partial charge in [-0.3, -0.25) is 14.5 Å². The third-order valence-corrected chi connectivity index (χ3v) is 5.76. The van der Waals surface area contributed by atoms with E-state index in [1.165, 1.54) is 5.56 Å². The summed E-state index contributed by atoms with van der Waals surface area (Å²) in [5, 5.41) is 3.17. The lowest BCUT2D eigenvalue weighted by Crippen LogP contribution is -2.49. The van der Waals surface area contributed by atoms with Crippen LogP contribution in [0.1, 0.15) is 31.7 Å². The summed E-state index contributed by atoms with van der Waals surface area (Å²) >= 11 is 0. The van der Waals surface area contributed by atoms with E-state index < -0.39 is 6.10 Å². The average Bonchev–Trinajstić information content (AvgIpc) is 2.75. The van der Waals surface area contributed by atoms with E-state index in [9.17, 15) is 9.59 Å². The van der Waals surface area contributed by atoms with Gasteiger partial charge in [0.2, 0.25) is 5.91 Å². The summed E-state index contributed by atoms with van der Waals surface area (Å²) in [6.45, 7) is 4.92. The van der Waals surface area contributed by atoms with Crippen molar-refractivity contribution in [2.75, 3.05) is 24.5 Å². The SMILES string of the molecule is CC1Oc2ccccc2N(CCC(=O)NC2CCCN(Cc3ccccc3)C2)C1=O. The lowest BCUT2D eigenvalue weighted by molar-refractivity contribution is -0.125. The van der Waals surface area contributed by atoms with E-state index in [0.29, 0.717) is 12.3 Å². The molecule has 1 fully saturated rings. The Morgan fingerprint density at radius 3 is 2.73 bits per heavy atom. The van der Waals surface area contributed by atoms with Gasteiger partial charge in [-0.25, -0.2) is 0 Å². The summed E-state index contributed by atoms with van der Waals surface area (Å²) < 4.78 is 5.67. The zero-order valence-electron chi connectivity index (χ0n) is 17.4. The fraction of sp³-hybridized carbons (Fsp3) is 0.417. The normalized spacial score (nSPS) is 21.6. The molecule has 2 aliphatic rings. The van der Waals surface area contributed by atoms with Crippen LogP contribution in [0.25, 0.3) is 0 Å². The molecule has 0 aromatic heterocycles. The van der Waals surface area contributed by atoms with Crippen LogP contribution in [0.2, 0.25) is 0 Å². The molecule has 0 aliphatic carbocycles. The Balaban J connectivity index is 1.30.